The highest BCUT2D eigenvalue weighted by Gasteiger charge is 2.28. The summed E-state index contributed by atoms with van der Waals surface area (Å²) in [4.78, 5) is 32.5. The zero-order valence-electron chi connectivity index (χ0n) is 18.3. The molecule has 9 nitrogen and oxygen atoms in total. The molecule has 0 spiro atoms. The number of nitrogens with one attached hydrogen (secondary N) is 2. The number of nitrogens with zero attached hydrogens (tertiary/aromatic N) is 4. The molecule has 0 unspecified atom stereocenters. The van der Waals surface area contributed by atoms with Crippen molar-refractivity contribution in [2.75, 3.05) is 0 Å². The number of aromatic amines is 1. The van der Waals surface area contributed by atoms with Gasteiger partial charge in [-0.05, 0) is 73.2 Å². The lowest BCUT2D eigenvalue weighted by Crippen LogP contribution is -2.14. The van der Waals surface area contributed by atoms with Gasteiger partial charge in [0.1, 0.15) is 5.69 Å². The first kappa shape index (κ1) is 20.2. The highest BCUT2D eigenvalue weighted by atomic mass is 16.4. The van der Waals surface area contributed by atoms with Crippen molar-refractivity contribution in [1.29, 1.82) is 5.41 Å². The number of H-pyrrole nitrogens is 1. The van der Waals surface area contributed by atoms with Gasteiger partial charge in [-0.25, -0.2) is 9.78 Å². The topological polar surface area (TPSA) is 137 Å². The Morgan fingerprint density at radius 2 is 1.97 bits per heavy atom. The number of carboxylic acid groups (broad SMARTS) is 1. The van der Waals surface area contributed by atoms with Crippen LogP contribution in [0.2, 0.25) is 0 Å². The van der Waals surface area contributed by atoms with Crippen LogP contribution in [0.1, 0.15) is 44.9 Å². The smallest absolute Gasteiger partial charge is 0.353 e. The summed E-state index contributed by atoms with van der Waals surface area (Å²) in [6.07, 6.45) is 4.47. The number of carboxylic acids is 1. The van der Waals surface area contributed by atoms with Crippen molar-refractivity contribution in [1.82, 2.24) is 14.5 Å². The number of hydrogen-bond acceptors (Lipinski definition) is 5. The minimum atomic E-state index is -1.11. The zero-order chi connectivity index (χ0) is 23.6. The van der Waals surface area contributed by atoms with Crippen LogP contribution in [0.4, 0.5) is 5.82 Å². The molecule has 168 valence electrons. The number of hydrogen-bond donors (Lipinski definition) is 3. The zero-order valence-corrected chi connectivity index (χ0v) is 18.3. The van der Waals surface area contributed by atoms with Gasteiger partial charge in [-0.2, -0.15) is 0 Å². The molecule has 4 aromatic rings. The molecule has 0 amide bonds. The van der Waals surface area contributed by atoms with Crippen LogP contribution in [0.25, 0.3) is 22.0 Å². The fraction of sp³-hybridized carbons (Fsp3) is 0.200. The molecule has 2 aliphatic rings. The van der Waals surface area contributed by atoms with Gasteiger partial charge in [-0.3, -0.25) is 10.2 Å². The molecule has 0 saturated heterocycles. The van der Waals surface area contributed by atoms with Crippen molar-refractivity contribution in [3.05, 3.63) is 80.5 Å². The Kier molecular flexibility index (Phi) is 4.35. The summed E-state index contributed by atoms with van der Waals surface area (Å²) in [6.45, 7) is 2.06. The summed E-state index contributed by atoms with van der Waals surface area (Å²) in [5.41, 5.74) is 5.61. The molecule has 4 heterocycles. The van der Waals surface area contributed by atoms with Crippen LogP contribution in [0, 0.1) is 12.3 Å². The van der Waals surface area contributed by atoms with Crippen LogP contribution in [0.15, 0.2) is 51.6 Å². The second-order valence-corrected chi connectivity index (χ2v) is 8.67. The predicted molar refractivity (Wildman–Crippen MR) is 126 cm³/mol. The van der Waals surface area contributed by atoms with Gasteiger partial charge in [0.2, 0.25) is 0 Å². The van der Waals surface area contributed by atoms with E-state index in [0.717, 1.165) is 35.7 Å². The van der Waals surface area contributed by atoms with E-state index >= 15 is 0 Å². The molecule has 0 radical (unpaired) electrons. The first-order chi connectivity index (χ1) is 16.4. The van der Waals surface area contributed by atoms with Gasteiger partial charge < -0.3 is 14.7 Å². The van der Waals surface area contributed by atoms with E-state index in [4.69, 9.17) is 5.41 Å². The Labute approximate surface area is 193 Å². The van der Waals surface area contributed by atoms with E-state index in [9.17, 15) is 14.7 Å². The highest BCUT2D eigenvalue weighted by molar-refractivity contribution is 6.08. The summed E-state index contributed by atoms with van der Waals surface area (Å²) in [5, 5.41) is 26.8. The van der Waals surface area contributed by atoms with Crippen molar-refractivity contribution in [2.24, 2.45) is 10.2 Å². The molecular formula is C25H20N6O3. The van der Waals surface area contributed by atoms with E-state index in [2.05, 4.69) is 26.3 Å². The molecule has 0 fully saturated rings. The van der Waals surface area contributed by atoms with Crippen molar-refractivity contribution in [2.45, 2.75) is 32.7 Å². The van der Waals surface area contributed by atoms with Crippen molar-refractivity contribution in [3.8, 4) is 11.1 Å². The largest absolute Gasteiger partial charge is 0.477 e. The van der Waals surface area contributed by atoms with Gasteiger partial charge >= 0.3 is 5.97 Å². The maximum atomic E-state index is 12.7. The lowest BCUT2D eigenvalue weighted by Gasteiger charge is -2.13. The van der Waals surface area contributed by atoms with Crippen molar-refractivity contribution < 1.29 is 9.90 Å². The van der Waals surface area contributed by atoms with Gasteiger partial charge in [0.15, 0.2) is 11.7 Å². The van der Waals surface area contributed by atoms with Gasteiger partial charge in [-0.1, -0.05) is 0 Å². The average Bonchev–Trinajstić information content (AvgIpc) is 3.49. The standard InChI is InChI=1S/C25H20N6O3/c1-12-15(9-18-22(26)29-30-23(18)28-12)11-31-19-10-14-5-2-4-13(14)8-17(19)20(21(31)25(33)34)16-6-3-7-27-24(16)32/h3,6-10,26H,2,4-5,11H2,1H3,(H,27,32)(H,33,34). The fourth-order valence-electron chi connectivity index (χ4n) is 5.06. The predicted octanol–water partition coefficient (Wildman–Crippen LogP) is 4.36. The van der Waals surface area contributed by atoms with E-state index in [1.54, 1.807) is 22.8 Å². The Balaban J connectivity index is 1.65. The van der Waals surface area contributed by atoms with Gasteiger partial charge in [0, 0.05) is 33.9 Å². The lowest BCUT2D eigenvalue weighted by molar-refractivity contribution is 0.0687. The summed E-state index contributed by atoms with van der Waals surface area (Å²) in [5.74, 6) is -0.676. The molecule has 1 aromatic carbocycles. The molecule has 0 saturated carbocycles. The van der Waals surface area contributed by atoms with Gasteiger partial charge in [0.25, 0.3) is 5.56 Å². The summed E-state index contributed by atoms with van der Waals surface area (Å²) >= 11 is 0. The van der Waals surface area contributed by atoms with Crippen LogP contribution in [-0.4, -0.2) is 31.4 Å². The number of amidine groups is 1. The number of azo groups is 1. The van der Waals surface area contributed by atoms with E-state index in [-0.39, 0.29) is 23.6 Å². The number of aromatic nitrogens is 3. The number of rotatable bonds is 4. The number of aromatic carboxylic acids is 1. The SMILES string of the molecule is Cc1nc2c(cc1Cn1c(C(=O)O)c(-c3ccc[nH]c3=O)c3cc4c(cc31)CCC4)C(=N)N=N2. The van der Waals surface area contributed by atoms with E-state index in [1.165, 1.54) is 17.3 Å². The number of aryl methyl sites for hydroxylation is 3. The molecule has 34 heavy (non-hydrogen) atoms. The minimum absolute atomic E-state index is 0.0360. The Hall–Kier alpha value is -4.40. The number of pyridine rings is 2. The van der Waals surface area contributed by atoms with E-state index in [0.29, 0.717) is 28.2 Å². The second-order valence-electron chi connectivity index (χ2n) is 8.67. The Morgan fingerprint density at radius 1 is 1.18 bits per heavy atom. The van der Waals surface area contributed by atoms with Crippen LogP contribution in [0.3, 0.4) is 0 Å². The van der Waals surface area contributed by atoms with Gasteiger partial charge in [0.05, 0.1) is 12.1 Å². The lowest BCUT2D eigenvalue weighted by atomic mass is 10.00. The second kappa shape index (κ2) is 7.31. The van der Waals surface area contributed by atoms with Crippen molar-refractivity contribution >= 4 is 28.5 Å². The van der Waals surface area contributed by atoms with E-state index in [1.807, 2.05) is 13.0 Å². The molecule has 1 aliphatic carbocycles. The summed E-state index contributed by atoms with van der Waals surface area (Å²) < 4.78 is 1.75. The molecule has 1 aliphatic heterocycles. The quantitative estimate of drug-likeness (QED) is 0.424. The minimum Gasteiger partial charge on any atom is -0.477 e. The summed E-state index contributed by atoms with van der Waals surface area (Å²) in [6, 6.07) is 9.27. The molecular weight excluding hydrogens is 432 g/mol. The first-order valence-corrected chi connectivity index (χ1v) is 11.0. The third-order valence-electron chi connectivity index (χ3n) is 6.69. The van der Waals surface area contributed by atoms with Crippen LogP contribution >= 0.6 is 0 Å². The molecule has 3 N–H and O–H groups in total. The Morgan fingerprint density at radius 3 is 2.74 bits per heavy atom. The fourth-order valence-corrected chi connectivity index (χ4v) is 5.06. The first-order valence-electron chi connectivity index (χ1n) is 11.0. The molecule has 0 bridgehead atoms. The average molecular weight is 452 g/mol. The summed E-state index contributed by atoms with van der Waals surface area (Å²) in [7, 11) is 0. The highest BCUT2D eigenvalue weighted by Crippen LogP contribution is 2.38. The maximum absolute atomic E-state index is 12.7. The van der Waals surface area contributed by atoms with Crippen molar-refractivity contribution in [3.63, 3.8) is 0 Å². The molecule has 6 rings (SSSR count). The number of benzene rings is 1. The monoisotopic (exact) mass is 452 g/mol. The van der Waals surface area contributed by atoms with Crippen LogP contribution in [0.5, 0.6) is 0 Å². The van der Waals surface area contributed by atoms with Gasteiger partial charge in [-0.15, -0.1) is 10.2 Å². The Bertz CT molecular complexity index is 1640. The normalized spacial score (nSPS) is 14.1. The maximum Gasteiger partial charge on any atom is 0.353 e. The number of carbonyl (C=O) groups is 1. The third-order valence-corrected chi connectivity index (χ3v) is 6.69. The number of fused-ring (bicyclic) bond motifs is 3. The molecule has 3 aromatic heterocycles. The molecule has 9 heteroatoms. The molecule has 0 atom stereocenters. The van der Waals surface area contributed by atoms with E-state index < -0.39 is 5.97 Å². The van der Waals surface area contributed by atoms with Crippen LogP contribution in [-0.2, 0) is 19.4 Å². The third kappa shape index (κ3) is 2.93. The van der Waals surface area contributed by atoms with Crippen LogP contribution < -0.4 is 5.56 Å².